The maximum atomic E-state index is 12.5. The first-order valence-corrected chi connectivity index (χ1v) is 22.0. The Morgan fingerprint density at radius 1 is 0.377 bits per heavy atom. The average Bonchev–Trinajstić information content (AvgIpc) is 3.32. The molecule has 6 rings (SSSR count). The molecule has 6 heterocycles. The SMILES string of the molecule is CC(=O)N[C@H]1[C@H](O[C@H]2[C@@H](O)[C@@H](CO)O[C@@H](O[C@@H]3[C@@H](O[C@H]4O[C@H](CO)[C@H](O)[C@H](O)[C@H]4O)[C@@H](O)[C@@H](O[C@H]4[C@H](O)[C@@H](O)[C@H](O)O[C@@H]4CO)O[C@H]3C)[C@@H]2O)O[C@H](CO)[C@@H](O[C@@H]2O[C@H](CO)[C@H](O)[C@H](O)[C@H]2O)[C@@H]1O. The van der Waals surface area contributed by atoms with Gasteiger partial charge >= 0.3 is 0 Å². The van der Waals surface area contributed by atoms with Crippen LogP contribution in [0, 0.1) is 0 Å². The van der Waals surface area contributed by atoms with Gasteiger partial charge in [0.2, 0.25) is 5.91 Å². The van der Waals surface area contributed by atoms with Crippen molar-refractivity contribution < 1.29 is 149 Å². The summed E-state index contributed by atoms with van der Waals surface area (Å²) in [7, 11) is 0. The van der Waals surface area contributed by atoms with Gasteiger partial charge in [0.1, 0.15) is 140 Å². The summed E-state index contributed by atoms with van der Waals surface area (Å²) < 4.78 is 62.9. The number of aliphatic hydroxyl groups excluding tert-OH is 18. The van der Waals surface area contributed by atoms with Crippen LogP contribution in [0.4, 0.5) is 0 Å². The number of nitrogens with one attached hydrogen (secondary N) is 1. The molecule has 0 saturated carbocycles. The summed E-state index contributed by atoms with van der Waals surface area (Å²) >= 11 is 0. The summed E-state index contributed by atoms with van der Waals surface area (Å²) in [5.74, 6) is -0.823. The highest BCUT2D eigenvalue weighted by Crippen LogP contribution is 2.37. The molecule has 6 fully saturated rings. The van der Waals surface area contributed by atoms with Gasteiger partial charge in [-0.05, 0) is 6.92 Å². The topological polar surface area (TPSA) is 495 Å². The smallest absolute Gasteiger partial charge is 0.217 e. The molecular weight excluding hydrogens is 950 g/mol. The van der Waals surface area contributed by atoms with Crippen LogP contribution in [-0.2, 0) is 56.9 Å². The van der Waals surface area contributed by atoms with E-state index in [-0.39, 0.29) is 0 Å². The second-order valence-corrected chi connectivity index (χ2v) is 17.5. The molecule has 6 aliphatic rings. The zero-order chi connectivity index (χ0) is 50.9. The number of carbonyl (C=O) groups is 1. The molecule has 0 aromatic carbocycles. The van der Waals surface area contributed by atoms with E-state index in [0.717, 1.165) is 6.92 Å². The number of ether oxygens (including phenoxy) is 11. The molecule has 0 aliphatic carbocycles. The molecule has 0 unspecified atom stereocenters. The second-order valence-electron chi connectivity index (χ2n) is 17.5. The molecule has 31 heteroatoms. The van der Waals surface area contributed by atoms with E-state index in [1.54, 1.807) is 0 Å². The lowest BCUT2D eigenvalue weighted by molar-refractivity contribution is -0.401. The predicted octanol–water partition coefficient (Wildman–Crippen LogP) is -12.9. The van der Waals surface area contributed by atoms with E-state index in [0.29, 0.717) is 0 Å². The van der Waals surface area contributed by atoms with Crippen molar-refractivity contribution in [1.29, 1.82) is 0 Å². The lowest BCUT2D eigenvalue weighted by atomic mass is 9.94. The van der Waals surface area contributed by atoms with Crippen LogP contribution in [0.25, 0.3) is 0 Å². The van der Waals surface area contributed by atoms with E-state index in [9.17, 15) is 96.7 Å². The fourth-order valence-corrected chi connectivity index (χ4v) is 8.88. The molecule has 1 amide bonds. The van der Waals surface area contributed by atoms with E-state index in [2.05, 4.69) is 5.32 Å². The quantitative estimate of drug-likeness (QED) is 0.0682. The van der Waals surface area contributed by atoms with Crippen LogP contribution in [0.1, 0.15) is 13.8 Å². The van der Waals surface area contributed by atoms with Crippen LogP contribution >= 0.6 is 0 Å². The van der Waals surface area contributed by atoms with Gasteiger partial charge in [0.05, 0.1) is 39.1 Å². The van der Waals surface area contributed by atoms with E-state index in [4.69, 9.17) is 52.1 Å². The third-order valence-corrected chi connectivity index (χ3v) is 12.8. The zero-order valence-corrected chi connectivity index (χ0v) is 36.8. The van der Waals surface area contributed by atoms with E-state index < -0.39 is 223 Å². The molecule has 31 nitrogen and oxygen atoms in total. The summed E-state index contributed by atoms with van der Waals surface area (Å²) in [6, 6.07) is -1.73. The largest absolute Gasteiger partial charge is 0.394 e. The highest BCUT2D eigenvalue weighted by Gasteiger charge is 2.58. The summed E-state index contributed by atoms with van der Waals surface area (Å²) in [6.07, 6.45) is -54.2. The van der Waals surface area contributed by atoms with Gasteiger partial charge in [-0.2, -0.15) is 0 Å². The van der Waals surface area contributed by atoms with E-state index in [1.165, 1.54) is 6.92 Å². The average molecular weight is 1020 g/mol. The molecule has 0 spiro atoms. The van der Waals surface area contributed by atoms with Gasteiger partial charge in [-0.1, -0.05) is 0 Å². The summed E-state index contributed by atoms with van der Waals surface area (Å²) in [6.45, 7) is -2.37. The Labute approximate surface area is 390 Å². The van der Waals surface area contributed by atoms with Crippen LogP contribution in [0.5, 0.6) is 0 Å². The Hall–Kier alpha value is -1.69. The normalized spacial score (nSPS) is 52.1. The van der Waals surface area contributed by atoms with Gasteiger partial charge in [0.15, 0.2) is 37.7 Å². The molecule has 0 aromatic heterocycles. The summed E-state index contributed by atoms with van der Waals surface area (Å²) in [4.78, 5) is 12.5. The minimum atomic E-state index is -2.20. The molecule has 0 aromatic rings. The molecule has 0 bridgehead atoms. The molecule has 6 saturated heterocycles. The van der Waals surface area contributed by atoms with Crippen LogP contribution in [0.3, 0.4) is 0 Å². The fourth-order valence-electron chi connectivity index (χ4n) is 8.88. The van der Waals surface area contributed by atoms with Gasteiger partial charge in [-0.25, -0.2) is 0 Å². The molecule has 30 atom stereocenters. The number of hydrogen-bond donors (Lipinski definition) is 19. The van der Waals surface area contributed by atoms with Crippen LogP contribution < -0.4 is 5.32 Å². The summed E-state index contributed by atoms with van der Waals surface area (Å²) in [5.41, 5.74) is 0. The van der Waals surface area contributed by atoms with Crippen LogP contribution in [-0.4, -0.2) is 315 Å². The first kappa shape index (κ1) is 56.6. The predicted molar refractivity (Wildman–Crippen MR) is 209 cm³/mol. The maximum Gasteiger partial charge on any atom is 0.217 e. The van der Waals surface area contributed by atoms with Crippen molar-refractivity contribution in [2.45, 2.75) is 198 Å². The highest BCUT2D eigenvalue weighted by molar-refractivity contribution is 5.73. The van der Waals surface area contributed by atoms with Crippen molar-refractivity contribution in [1.82, 2.24) is 5.32 Å². The van der Waals surface area contributed by atoms with Crippen LogP contribution in [0.15, 0.2) is 0 Å². The Balaban J connectivity index is 1.26. The van der Waals surface area contributed by atoms with E-state index >= 15 is 0 Å². The number of aliphatic hydroxyl groups is 18. The first-order chi connectivity index (χ1) is 32.6. The van der Waals surface area contributed by atoms with Crippen molar-refractivity contribution >= 4 is 5.91 Å². The highest BCUT2D eigenvalue weighted by atomic mass is 16.8. The van der Waals surface area contributed by atoms with Crippen molar-refractivity contribution in [3.63, 3.8) is 0 Å². The van der Waals surface area contributed by atoms with Gasteiger partial charge in [-0.15, -0.1) is 0 Å². The number of hydrogen-bond acceptors (Lipinski definition) is 30. The van der Waals surface area contributed by atoms with E-state index in [1.807, 2.05) is 0 Å². The Bertz CT molecular complexity index is 1610. The minimum absolute atomic E-state index is 0.823. The molecular formula is C38H65NO30. The first-order valence-electron chi connectivity index (χ1n) is 22.0. The Morgan fingerprint density at radius 3 is 1.25 bits per heavy atom. The van der Waals surface area contributed by atoms with Gasteiger partial charge < -0.3 is 149 Å². The third kappa shape index (κ3) is 11.8. The number of amides is 1. The fraction of sp³-hybridized carbons (Fsp3) is 0.974. The van der Waals surface area contributed by atoms with Crippen LogP contribution in [0.2, 0.25) is 0 Å². The molecule has 69 heavy (non-hydrogen) atoms. The molecule has 402 valence electrons. The monoisotopic (exact) mass is 1020 g/mol. The Morgan fingerprint density at radius 2 is 0.754 bits per heavy atom. The third-order valence-electron chi connectivity index (χ3n) is 12.8. The maximum absolute atomic E-state index is 12.5. The minimum Gasteiger partial charge on any atom is -0.394 e. The molecule has 0 radical (unpaired) electrons. The van der Waals surface area contributed by atoms with Crippen molar-refractivity contribution in [3.8, 4) is 0 Å². The molecule has 6 aliphatic heterocycles. The number of rotatable bonds is 16. The zero-order valence-electron chi connectivity index (χ0n) is 36.8. The lowest BCUT2D eigenvalue weighted by Crippen LogP contribution is -2.70. The van der Waals surface area contributed by atoms with Gasteiger partial charge in [-0.3, -0.25) is 4.79 Å². The lowest BCUT2D eigenvalue weighted by Gasteiger charge is -2.51. The van der Waals surface area contributed by atoms with Gasteiger partial charge in [0.25, 0.3) is 0 Å². The number of carbonyl (C=O) groups excluding carboxylic acids is 1. The second kappa shape index (κ2) is 24.1. The van der Waals surface area contributed by atoms with Crippen molar-refractivity contribution in [2.75, 3.05) is 33.0 Å². The van der Waals surface area contributed by atoms with Crippen molar-refractivity contribution in [2.24, 2.45) is 0 Å². The molecule has 19 N–H and O–H groups in total. The summed E-state index contributed by atoms with van der Waals surface area (Å²) in [5, 5.41) is 193. The standard InChI is InChI=1S/C38H65NO30/c1-8-28(32(69-36-25(55)21(51)17(47)11(4-41)62-36)27(57)37(59-8)67-30-13(6-43)60-33(58)23(53)22(30)52)65-38-26(56)31(18(48)12(5-42)63-38)68-34-15(39-9(2)45)19(49)29(14(7-44)64-34)66-35-24(54)20(50)16(46)10(3-40)61-35/h8,10-38,40-44,46-58H,3-7H2,1-2H3,(H,39,45)/t8-,10+,11+,12+,13+,14+,15+,16-,17-,18-,19+,20-,21-,22+,23+,24+,25+,26+,27+,28-,29+,30+,31-,32-,33+,34-,35-,36+,37+,38-/m0/s1. The van der Waals surface area contributed by atoms with Gasteiger partial charge in [0, 0.05) is 6.92 Å². The van der Waals surface area contributed by atoms with Crippen molar-refractivity contribution in [3.05, 3.63) is 0 Å². The Kier molecular flexibility index (Phi) is 19.8.